The van der Waals surface area contributed by atoms with Crippen molar-refractivity contribution >= 4 is 13.7 Å². The van der Waals surface area contributed by atoms with Crippen molar-refractivity contribution in [2.45, 2.75) is 50.7 Å². The highest BCUT2D eigenvalue weighted by molar-refractivity contribution is 7.46. The highest BCUT2D eigenvalue weighted by Gasteiger charge is 2.35. The average molecular weight is 324 g/mol. The number of carbonyl (C=O) groups excluding carboxylic acids is 1. The first-order valence-corrected chi connectivity index (χ1v) is 8.74. The summed E-state index contributed by atoms with van der Waals surface area (Å²) in [5.74, 6) is -0.112. The molecule has 0 aromatic carbocycles. The number of phosphoric ester groups is 1. The number of rotatable bonds is 9. The number of likely N-dealkylation sites (tertiary alicyclic amines) is 1. The van der Waals surface area contributed by atoms with Gasteiger partial charge in [-0.1, -0.05) is 12.8 Å². The Bertz CT molecular complexity index is 375. The zero-order chi connectivity index (χ0) is 15.9. The number of β-amino-alcohol motifs (C(OH)–C–C–N with tert-alkyl or cyclic N) is 1. The van der Waals surface area contributed by atoms with Gasteiger partial charge in [0.25, 0.3) is 0 Å². The molecule has 1 saturated heterocycles. The largest absolute Gasteiger partial charge is 0.469 e. The first-order chi connectivity index (χ1) is 9.83. The highest BCUT2D eigenvalue weighted by atomic mass is 31.2. The Morgan fingerprint density at radius 1 is 1.29 bits per heavy atom. The summed E-state index contributed by atoms with van der Waals surface area (Å²) in [6.07, 6.45) is 3.56. The Morgan fingerprint density at radius 2 is 1.95 bits per heavy atom. The molecule has 0 aromatic rings. The molecule has 0 saturated carbocycles. The van der Waals surface area contributed by atoms with Crippen molar-refractivity contribution in [3.05, 3.63) is 0 Å². The van der Waals surface area contributed by atoms with Crippen LogP contribution in [0.15, 0.2) is 0 Å². The third-order valence-corrected chi connectivity index (χ3v) is 3.98. The van der Waals surface area contributed by atoms with Gasteiger partial charge in [-0.2, -0.15) is 0 Å². The van der Waals surface area contributed by atoms with Gasteiger partial charge in [0.2, 0.25) is 5.91 Å². The Morgan fingerprint density at radius 3 is 2.57 bits per heavy atom. The number of aliphatic hydroxyl groups is 1. The summed E-state index contributed by atoms with van der Waals surface area (Å²) < 4.78 is 15.2. The normalized spacial score (nSPS) is 22.8. The maximum Gasteiger partial charge on any atom is 0.469 e. The monoisotopic (exact) mass is 324 g/mol. The Labute approximate surface area is 124 Å². The van der Waals surface area contributed by atoms with Crippen molar-refractivity contribution in [1.29, 1.82) is 0 Å². The zero-order valence-electron chi connectivity index (χ0n) is 12.1. The molecule has 124 valence electrons. The SMILES string of the molecule is NCCCCCCC(=O)N1C[C@H](O)C[C@H]1COP(=O)(O)O. The fourth-order valence-electron chi connectivity index (χ4n) is 2.46. The molecule has 1 fully saturated rings. The molecule has 0 radical (unpaired) electrons. The van der Waals surface area contributed by atoms with Gasteiger partial charge in [0.05, 0.1) is 18.8 Å². The smallest absolute Gasteiger partial charge is 0.391 e. The van der Waals surface area contributed by atoms with Crippen molar-refractivity contribution in [2.75, 3.05) is 19.7 Å². The lowest BCUT2D eigenvalue weighted by Gasteiger charge is -2.24. The van der Waals surface area contributed by atoms with Crippen molar-refractivity contribution in [2.24, 2.45) is 5.73 Å². The highest BCUT2D eigenvalue weighted by Crippen LogP contribution is 2.37. The lowest BCUT2D eigenvalue weighted by Crippen LogP contribution is -2.38. The predicted octanol–water partition coefficient (Wildman–Crippen LogP) is -0.0333. The van der Waals surface area contributed by atoms with E-state index in [1.165, 1.54) is 4.90 Å². The molecule has 0 aromatic heterocycles. The van der Waals surface area contributed by atoms with Crippen LogP contribution in [0.3, 0.4) is 0 Å². The third-order valence-electron chi connectivity index (χ3n) is 3.49. The predicted molar refractivity (Wildman–Crippen MR) is 76.3 cm³/mol. The second-order valence-electron chi connectivity index (χ2n) is 5.33. The summed E-state index contributed by atoms with van der Waals surface area (Å²) in [4.78, 5) is 31.0. The number of unbranched alkanes of at least 4 members (excludes halogenated alkanes) is 3. The van der Waals surface area contributed by atoms with E-state index in [1.54, 1.807) is 0 Å². The van der Waals surface area contributed by atoms with Crippen LogP contribution in [0.5, 0.6) is 0 Å². The van der Waals surface area contributed by atoms with Gasteiger partial charge >= 0.3 is 7.82 Å². The number of aliphatic hydroxyl groups excluding tert-OH is 1. The van der Waals surface area contributed by atoms with Gasteiger partial charge in [-0.25, -0.2) is 4.57 Å². The molecular weight excluding hydrogens is 299 g/mol. The fraction of sp³-hybridized carbons (Fsp3) is 0.917. The maximum absolute atomic E-state index is 12.1. The van der Waals surface area contributed by atoms with Crippen molar-refractivity contribution in [3.63, 3.8) is 0 Å². The van der Waals surface area contributed by atoms with Crippen LogP contribution >= 0.6 is 7.82 Å². The van der Waals surface area contributed by atoms with Gasteiger partial charge in [0.15, 0.2) is 0 Å². The van der Waals surface area contributed by atoms with Crippen LogP contribution in [0.1, 0.15) is 38.5 Å². The summed E-state index contributed by atoms with van der Waals surface area (Å²) in [6, 6.07) is -0.482. The number of hydrogen-bond acceptors (Lipinski definition) is 5. The Kier molecular flexibility index (Phi) is 7.79. The quantitative estimate of drug-likeness (QED) is 0.345. The van der Waals surface area contributed by atoms with Gasteiger partial charge < -0.3 is 25.5 Å². The van der Waals surface area contributed by atoms with Gasteiger partial charge in [-0.3, -0.25) is 9.32 Å². The molecule has 1 amide bonds. The van der Waals surface area contributed by atoms with E-state index in [2.05, 4.69) is 4.52 Å². The van der Waals surface area contributed by atoms with Crippen LogP contribution in [-0.2, 0) is 13.9 Å². The number of carbonyl (C=O) groups is 1. The van der Waals surface area contributed by atoms with E-state index >= 15 is 0 Å². The Balaban J connectivity index is 2.38. The molecule has 0 bridgehead atoms. The molecule has 5 N–H and O–H groups in total. The van der Waals surface area contributed by atoms with Crippen molar-refractivity contribution < 1.29 is 28.8 Å². The second-order valence-corrected chi connectivity index (χ2v) is 6.57. The molecule has 0 spiro atoms. The number of hydrogen-bond donors (Lipinski definition) is 4. The summed E-state index contributed by atoms with van der Waals surface area (Å²) in [5.41, 5.74) is 5.39. The topological polar surface area (TPSA) is 133 Å². The number of phosphoric acid groups is 1. The fourth-order valence-corrected chi connectivity index (χ4v) is 2.82. The van der Waals surface area contributed by atoms with Gasteiger partial charge in [-0.15, -0.1) is 0 Å². The van der Waals surface area contributed by atoms with Gasteiger partial charge in [-0.05, 0) is 25.8 Å². The maximum atomic E-state index is 12.1. The first-order valence-electron chi connectivity index (χ1n) is 7.21. The van der Waals surface area contributed by atoms with Crippen LogP contribution < -0.4 is 5.73 Å². The minimum atomic E-state index is -4.56. The first kappa shape index (κ1) is 18.5. The lowest BCUT2D eigenvalue weighted by molar-refractivity contribution is -0.133. The van der Waals surface area contributed by atoms with E-state index in [0.717, 1.165) is 25.7 Å². The van der Waals surface area contributed by atoms with Gasteiger partial charge in [0, 0.05) is 13.0 Å². The van der Waals surface area contributed by atoms with E-state index in [4.69, 9.17) is 15.5 Å². The van der Waals surface area contributed by atoms with E-state index in [0.29, 0.717) is 13.0 Å². The van der Waals surface area contributed by atoms with E-state index in [1.807, 2.05) is 0 Å². The summed E-state index contributed by atoms with van der Waals surface area (Å²) in [6.45, 7) is 0.575. The van der Waals surface area contributed by atoms with Crippen LogP contribution in [0.2, 0.25) is 0 Å². The third kappa shape index (κ3) is 7.35. The van der Waals surface area contributed by atoms with Crippen LogP contribution in [0.25, 0.3) is 0 Å². The summed E-state index contributed by atoms with van der Waals surface area (Å²) in [5, 5.41) is 9.63. The molecule has 1 heterocycles. The van der Waals surface area contributed by atoms with Crippen molar-refractivity contribution in [3.8, 4) is 0 Å². The zero-order valence-corrected chi connectivity index (χ0v) is 13.0. The average Bonchev–Trinajstić information content (AvgIpc) is 2.76. The van der Waals surface area contributed by atoms with E-state index < -0.39 is 20.0 Å². The molecule has 9 heteroatoms. The molecule has 21 heavy (non-hydrogen) atoms. The minimum Gasteiger partial charge on any atom is -0.391 e. The molecular formula is C12H25N2O6P. The van der Waals surface area contributed by atoms with Crippen molar-refractivity contribution in [1.82, 2.24) is 4.90 Å². The van der Waals surface area contributed by atoms with E-state index in [-0.39, 0.29) is 25.5 Å². The number of amides is 1. The molecule has 1 rings (SSSR count). The number of nitrogens with two attached hydrogens (primary N) is 1. The number of nitrogens with zero attached hydrogens (tertiary/aromatic N) is 1. The molecule has 8 nitrogen and oxygen atoms in total. The van der Waals surface area contributed by atoms with Gasteiger partial charge in [0.1, 0.15) is 0 Å². The molecule has 1 aliphatic rings. The molecule has 1 aliphatic heterocycles. The molecule has 0 aliphatic carbocycles. The standard InChI is InChI=1S/C12H25N2O6P/c13-6-4-2-1-3-5-12(16)14-8-11(15)7-10(14)9-20-21(17,18)19/h10-11,15H,1-9,13H2,(H2,17,18,19)/t10-,11+/m0/s1. The lowest BCUT2D eigenvalue weighted by atomic mass is 10.1. The second kappa shape index (κ2) is 8.82. The van der Waals surface area contributed by atoms with Crippen LogP contribution in [0.4, 0.5) is 0 Å². The summed E-state index contributed by atoms with van der Waals surface area (Å²) in [7, 11) is -4.56. The summed E-state index contributed by atoms with van der Waals surface area (Å²) >= 11 is 0. The van der Waals surface area contributed by atoms with Crippen LogP contribution in [0, 0.1) is 0 Å². The Hall–Kier alpha value is -0.500. The minimum absolute atomic E-state index is 0.112. The molecule has 0 unspecified atom stereocenters. The van der Waals surface area contributed by atoms with E-state index in [9.17, 15) is 14.5 Å². The molecule has 2 atom stereocenters. The van der Waals surface area contributed by atoms with Crippen LogP contribution in [-0.4, -0.2) is 57.5 Å².